The molecule has 0 spiro atoms. The molecule has 14 heavy (non-hydrogen) atoms. The maximum absolute atomic E-state index is 8.80. The minimum Gasteiger partial charge on any atom is -0.396 e. The van der Waals surface area contributed by atoms with Crippen LogP contribution in [0.15, 0.2) is 0 Å². The van der Waals surface area contributed by atoms with Crippen LogP contribution in [0, 0.1) is 5.92 Å². The first kappa shape index (κ1) is 12.0. The van der Waals surface area contributed by atoms with Crippen molar-refractivity contribution in [2.45, 2.75) is 32.2 Å². The standard InChI is InChI=1S/C11H24N2O/c1-3-12-11-7-10(5-4-6-14)8-13(2)9-11/h10-12,14H,3-9H2,1-2H3. The van der Waals surface area contributed by atoms with Gasteiger partial charge in [-0.15, -0.1) is 0 Å². The highest BCUT2D eigenvalue weighted by Gasteiger charge is 2.23. The molecular weight excluding hydrogens is 176 g/mol. The molecule has 0 aliphatic carbocycles. The van der Waals surface area contributed by atoms with Crippen molar-refractivity contribution in [1.82, 2.24) is 10.2 Å². The Morgan fingerprint density at radius 3 is 2.86 bits per heavy atom. The number of hydrogen-bond donors (Lipinski definition) is 2. The van der Waals surface area contributed by atoms with Crippen molar-refractivity contribution in [3.8, 4) is 0 Å². The number of piperidine rings is 1. The second-order valence-electron chi connectivity index (χ2n) is 4.44. The van der Waals surface area contributed by atoms with Crippen molar-refractivity contribution in [3.63, 3.8) is 0 Å². The third-order valence-corrected chi connectivity index (χ3v) is 2.98. The lowest BCUT2D eigenvalue weighted by Crippen LogP contribution is -2.47. The first-order valence-electron chi connectivity index (χ1n) is 5.79. The number of rotatable bonds is 5. The Hall–Kier alpha value is -0.120. The Kier molecular flexibility index (Phi) is 5.45. The molecule has 2 unspecified atom stereocenters. The van der Waals surface area contributed by atoms with Crippen molar-refractivity contribution < 1.29 is 5.11 Å². The van der Waals surface area contributed by atoms with E-state index in [2.05, 4.69) is 24.2 Å². The van der Waals surface area contributed by atoms with Crippen molar-refractivity contribution in [1.29, 1.82) is 0 Å². The topological polar surface area (TPSA) is 35.5 Å². The van der Waals surface area contributed by atoms with Crippen molar-refractivity contribution in [2.75, 3.05) is 33.3 Å². The average Bonchev–Trinajstić information content (AvgIpc) is 2.14. The van der Waals surface area contributed by atoms with E-state index in [0.29, 0.717) is 12.6 Å². The van der Waals surface area contributed by atoms with Gasteiger partial charge >= 0.3 is 0 Å². The van der Waals surface area contributed by atoms with Gasteiger partial charge in [0, 0.05) is 25.7 Å². The fourth-order valence-electron chi connectivity index (χ4n) is 2.47. The third kappa shape index (κ3) is 3.95. The average molecular weight is 200 g/mol. The summed E-state index contributed by atoms with van der Waals surface area (Å²) in [4.78, 5) is 2.40. The third-order valence-electron chi connectivity index (χ3n) is 2.98. The summed E-state index contributed by atoms with van der Waals surface area (Å²) in [5, 5.41) is 12.3. The molecule has 84 valence electrons. The van der Waals surface area contributed by atoms with E-state index in [-0.39, 0.29) is 0 Å². The summed E-state index contributed by atoms with van der Waals surface area (Å²) in [7, 11) is 2.19. The van der Waals surface area contributed by atoms with Gasteiger partial charge in [-0.25, -0.2) is 0 Å². The Labute approximate surface area is 87.5 Å². The normalized spacial score (nSPS) is 29.4. The number of nitrogens with zero attached hydrogens (tertiary/aromatic N) is 1. The minimum atomic E-state index is 0.339. The zero-order valence-electron chi connectivity index (χ0n) is 9.50. The molecule has 0 aromatic carbocycles. The lowest BCUT2D eigenvalue weighted by molar-refractivity contribution is 0.155. The number of likely N-dealkylation sites (N-methyl/N-ethyl adjacent to an activating group) is 2. The summed E-state index contributed by atoms with van der Waals surface area (Å²) in [5.74, 6) is 0.768. The second kappa shape index (κ2) is 6.38. The summed E-state index contributed by atoms with van der Waals surface area (Å²) in [6.07, 6.45) is 3.40. The highest BCUT2D eigenvalue weighted by atomic mass is 16.2. The summed E-state index contributed by atoms with van der Waals surface area (Å²) in [5.41, 5.74) is 0. The van der Waals surface area contributed by atoms with E-state index in [1.807, 2.05) is 0 Å². The fourth-order valence-corrected chi connectivity index (χ4v) is 2.47. The lowest BCUT2D eigenvalue weighted by atomic mass is 9.91. The zero-order chi connectivity index (χ0) is 10.4. The highest BCUT2D eigenvalue weighted by Crippen LogP contribution is 2.20. The Balaban J connectivity index is 2.29. The van der Waals surface area contributed by atoms with Crippen LogP contribution in [0.3, 0.4) is 0 Å². The number of aliphatic hydroxyl groups is 1. The van der Waals surface area contributed by atoms with Crippen LogP contribution in [0.2, 0.25) is 0 Å². The van der Waals surface area contributed by atoms with Gasteiger partial charge in [0.25, 0.3) is 0 Å². The van der Waals surface area contributed by atoms with Crippen LogP contribution in [0.5, 0.6) is 0 Å². The summed E-state index contributed by atoms with van der Waals surface area (Å²) in [6, 6.07) is 0.655. The van der Waals surface area contributed by atoms with Gasteiger partial charge in [0.2, 0.25) is 0 Å². The van der Waals surface area contributed by atoms with Crippen molar-refractivity contribution >= 4 is 0 Å². The molecule has 3 nitrogen and oxygen atoms in total. The molecule has 3 heteroatoms. The Bertz CT molecular complexity index is 152. The highest BCUT2D eigenvalue weighted by molar-refractivity contribution is 4.81. The van der Waals surface area contributed by atoms with Crippen LogP contribution in [0.1, 0.15) is 26.2 Å². The molecule has 1 fully saturated rings. The molecule has 0 saturated carbocycles. The fraction of sp³-hybridized carbons (Fsp3) is 1.00. The molecule has 2 atom stereocenters. The maximum Gasteiger partial charge on any atom is 0.0431 e. The van der Waals surface area contributed by atoms with E-state index < -0.39 is 0 Å². The molecule has 0 bridgehead atoms. The second-order valence-corrected chi connectivity index (χ2v) is 4.44. The summed E-state index contributed by atoms with van der Waals surface area (Å²) < 4.78 is 0. The van der Waals surface area contributed by atoms with Crippen LogP contribution in [-0.4, -0.2) is 49.3 Å². The van der Waals surface area contributed by atoms with Crippen LogP contribution in [-0.2, 0) is 0 Å². The molecule has 1 aliphatic rings. The van der Waals surface area contributed by atoms with Gasteiger partial charge in [0.1, 0.15) is 0 Å². The number of likely N-dealkylation sites (tertiary alicyclic amines) is 1. The minimum absolute atomic E-state index is 0.339. The molecule has 0 amide bonds. The molecule has 0 aromatic rings. The van der Waals surface area contributed by atoms with Gasteiger partial charge in [-0.3, -0.25) is 0 Å². The van der Waals surface area contributed by atoms with E-state index in [1.165, 1.54) is 25.9 Å². The summed E-state index contributed by atoms with van der Waals surface area (Å²) in [6.45, 7) is 5.93. The molecule has 1 rings (SSSR count). The van der Waals surface area contributed by atoms with Crippen LogP contribution >= 0.6 is 0 Å². The molecule has 1 saturated heterocycles. The van der Waals surface area contributed by atoms with E-state index >= 15 is 0 Å². The van der Waals surface area contributed by atoms with E-state index in [0.717, 1.165) is 18.9 Å². The molecular formula is C11H24N2O. The van der Waals surface area contributed by atoms with E-state index in [9.17, 15) is 0 Å². The van der Waals surface area contributed by atoms with Gasteiger partial charge in [-0.2, -0.15) is 0 Å². The largest absolute Gasteiger partial charge is 0.396 e. The smallest absolute Gasteiger partial charge is 0.0431 e. The number of hydrogen-bond acceptors (Lipinski definition) is 3. The molecule has 1 aliphatic heterocycles. The molecule has 0 radical (unpaired) electrons. The first-order valence-corrected chi connectivity index (χ1v) is 5.79. The van der Waals surface area contributed by atoms with Crippen LogP contribution in [0.4, 0.5) is 0 Å². The van der Waals surface area contributed by atoms with Crippen molar-refractivity contribution in [2.24, 2.45) is 5.92 Å². The SMILES string of the molecule is CCNC1CC(CCCO)CN(C)C1. The molecule has 0 aromatic heterocycles. The lowest BCUT2D eigenvalue weighted by Gasteiger charge is -2.36. The predicted molar refractivity (Wildman–Crippen MR) is 59.4 cm³/mol. The van der Waals surface area contributed by atoms with Gasteiger partial charge in [0.05, 0.1) is 0 Å². The monoisotopic (exact) mass is 200 g/mol. The number of aliphatic hydroxyl groups excluding tert-OH is 1. The van der Waals surface area contributed by atoms with Gasteiger partial charge < -0.3 is 15.3 Å². The molecule has 1 heterocycles. The van der Waals surface area contributed by atoms with Gasteiger partial charge in [-0.1, -0.05) is 6.92 Å². The quantitative estimate of drug-likeness (QED) is 0.685. The Morgan fingerprint density at radius 2 is 2.21 bits per heavy atom. The van der Waals surface area contributed by atoms with Crippen LogP contribution < -0.4 is 5.32 Å². The number of nitrogens with one attached hydrogen (secondary N) is 1. The van der Waals surface area contributed by atoms with Gasteiger partial charge in [0.15, 0.2) is 0 Å². The summed E-state index contributed by atoms with van der Waals surface area (Å²) >= 11 is 0. The van der Waals surface area contributed by atoms with Gasteiger partial charge in [-0.05, 0) is 38.8 Å². The van der Waals surface area contributed by atoms with Crippen molar-refractivity contribution in [3.05, 3.63) is 0 Å². The zero-order valence-corrected chi connectivity index (χ0v) is 9.50. The Morgan fingerprint density at radius 1 is 1.43 bits per heavy atom. The van der Waals surface area contributed by atoms with Crippen LogP contribution in [0.25, 0.3) is 0 Å². The maximum atomic E-state index is 8.80. The molecule has 2 N–H and O–H groups in total. The predicted octanol–water partition coefficient (Wildman–Crippen LogP) is 0.689. The first-order chi connectivity index (χ1) is 6.76. The van der Waals surface area contributed by atoms with E-state index in [4.69, 9.17) is 5.11 Å². The van der Waals surface area contributed by atoms with E-state index in [1.54, 1.807) is 0 Å².